The molecule has 40 heavy (non-hydrogen) atoms. The van der Waals surface area contributed by atoms with Gasteiger partial charge in [0.25, 0.3) is 5.56 Å². The number of aliphatic imine (C=N–C) groups is 1. The number of fused-ring (bicyclic) bond motifs is 1. The molecule has 1 aromatic carbocycles. The summed E-state index contributed by atoms with van der Waals surface area (Å²) in [6, 6.07) is 12.5. The molecule has 206 valence electrons. The van der Waals surface area contributed by atoms with Crippen LogP contribution in [0.3, 0.4) is 0 Å². The van der Waals surface area contributed by atoms with E-state index in [1.807, 2.05) is 18.2 Å². The van der Waals surface area contributed by atoms with Crippen LogP contribution < -0.4 is 10.9 Å². The SMILES string of the molecule is CCC1=CC(OC)=NC(c2cc3cc[nH]c(=O)c3c(Nc3ccc(C4CCN(CCC#N)CC4)c(C)c3)n2)=CC1. The Hall–Kier alpha value is -4.22. The van der Waals surface area contributed by atoms with Crippen molar-refractivity contribution in [1.29, 1.82) is 5.26 Å². The summed E-state index contributed by atoms with van der Waals surface area (Å²) >= 11 is 0. The maximum absolute atomic E-state index is 12.9. The standard InChI is InChI=1S/C32H36N6O2/c1-4-22-6-9-27(36-29(19-22)40-3)28-20-24-10-14-34-32(39)30(24)31(37-28)35-25-7-8-26(21(2)18-25)23-11-16-38(17-12-23)15-5-13-33/h7-10,14,18-20,23H,4-6,11-12,15-17H2,1-3H3,(H,34,39)(H,35,37). The second-order valence-electron chi connectivity index (χ2n) is 10.5. The van der Waals surface area contributed by atoms with Crippen molar-refractivity contribution < 1.29 is 4.74 Å². The molecule has 8 nitrogen and oxygen atoms in total. The maximum atomic E-state index is 12.9. The molecule has 0 atom stereocenters. The first-order chi connectivity index (χ1) is 19.5. The fraction of sp³-hybridized carbons (Fsp3) is 0.375. The van der Waals surface area contributed by atoms with Gasteiger partial charge in [0.15, 0.2) is 0 Å². The molecule has 0 aliphatic carbocycles. The van der Waals surface area contributed by atoms with Crippen molar-refractivity contribution in [3.8, 4) is 6.07 Å². The number of allylic oxidation sites excluding steroid dienone is 2. The molecule has 0 unspecified atom stereocenters. The average molecular weight is 537 g/mol. The van der Waals surface area contributed by atoms with Crippen LogP contribution in [0.2, 0.25) is 0 Å². The molecular formula is C32H36N6O2. The first-order valence-corrected chi connectivity index (χ1v) is 14.0. The highest BCUT2D eigenvalue weighted by molar-refractivity contribution is 5.97. The zero-order valence-corrected chi connectivity index (χ0v) is 23.5. The second-order valence-corrected chi connectivity index (χ2v) is 10.5. The van der Waals surface area contributed by atoms with Gasteiger partial charge in [0.2, 0.25) is 5.90 Å². The number of nitrogens with one attached hydrogen (secondary N) is 2. The van der Waals surface area contributed by atoms with Crippen LogP contribution in [-0.2, 0) is 4.74 Å². The molecule has 0 radical (unpaired) electrons. The Labute approximate surface area is 235 Å². The first kappa shape index (κ1) is 27.4. The number of benzene rings is 1. The Morgan fingerprint density at radius 1 is 1.23 bits per heavy atom. The van der Waals surface area contributed by atoms with Crippen molar-refractivity contribution in [2.45, 2.75) is 51.9 Å². The Morgan fingerprint density at radius 2 is 2.05 bits per heavy atom. The van der Waals surface area contributed by atoms with Gasteiger partial charge in [-0.15, -0.1) is 0 Å². The van der Waals surface area contributed by atoms with Crippen LogP contribution in [-0.4, -0.2) is 47.5 Å². The van der Waals surface area contributed by atoms with Crippen molar-refractivity contribution in [2.24, 2.45) is 4.99 Å². The molecule has 2 aliphatic heterocycles. The number of anilines is 2. The Kier molecular flexibility index (Phi) is 8.42. The lowest BCUT2D eigenvalue weighted by Crippen LogP contribution is -2.33. The third-order valence-electron chi connectivity index (χ3n) is 7.90. The third kappa shape index (κ3) is 6.00. The van der Waals surface area contributed by atoms with E-state index in [4.69, 9.17) is 20.0 Å². The lowest BCUT2D eigenvalue weighted by molar-refractivity contribution is 0.216. The molecule has 0 saturated carbocycles. The van der Waals surface area contributed by atoms with E-state index in [0.29, 0.717) is 35.1 Å². The van der Waals surface area contributed by atoms with E-state index in [1.54, 1.807) is 13.3 Å². The summed E-state index contributed by atoms with van der Waals surface area (Å²) in [6.07, 6.45) is 10.2. The highest BCUT2D eigenvalue weighted by atomic mass is 16.5. The number of likely N-dealkylation sites (tertiary alicyclic amines) is 1. The molecule has 8 heteroatoms. The third-order valence-corrected chi connectivity index (χ3v) is 7.90. The molecule has 0 spiro atoms. The van der Waals surface area contributed by atoms with Crippen LogP contribution in [0.4, 0.5) is 11.5 Å². The van der Waals surface area contributed by atoms with Gasteiger partial charge in [-0.25, -0.2) is 9.98 Å². The van der Waals surface area contributed by atoms with E-state index >= 15 is 0 Å². The number of piperidine rings is 1. The Balaban J connectivity index is 1.44. The van der Waals surface area contributed by atoms with Gasteiger partial charge in [0.1, 0.15) is 5.82 Å². The summed E-state index contributed by atoms with van der Waals surface area (Å²) in [5, 5.41) is 13.6. The van der Waals surface area contributed by atoms with E-state index in [2.05, 4.69) is 59.4 Å². The van der Waals surface area contributed by atoms with Crippen molar-refractivity contribution in [2.75, 3.05) is 32.1 Å². The Bertz CT molecular complexity index is 1590. The smallest absolute Gasteiger partial charge is 0.259 e. The van der Waals surface area contributed by atoms with Gasteiger partial charge in [-0.1, -0.05) is 24.6 Å². The van der Waals surface area contributed by atoms with Gasteiger partial charge in [-0.2, -0.15) is 5.26 Å². The van der Waals surface area contributed by atoms with Gasteiger partial charge >= 0.3 is 0 Å². The fourth-order valence-electron chi connectivity index (χ4n) is 5.63. The van der Waals surface area contributed by atoms with Crippen LogP contribution in [0.5, 0.6) is 0 Å². The van der Waals surface area contributed by atoms with Crippen LogP contribution >= 0.6 is 0 Å². The molecule has 4 heterocycles. The highest BCUT2D eigenvalue weighted by Gasteiger charge is 2.22. The summed E-state index contributed by atoms with van der Waals surface area (Å²) in [5.41, 5.74) is 5.89. The zero-order chi connectivity index (χ0) is 28.1. The quantitative estimate of drug-likeness (QED) is 0.373. The van der Waals surface area contributed by atoms with Crippen LogP contribution in [0, 0.1) is 18.3 Å². The number of H-pyrrole nitrogens is 1. The number of aryl methyl sites for hydroxylation is 1. The summed E-state index contributed by atoms with van der Waals surface area (Å²) in [6.45, 7) is 7.17. The molecular weight excluding hydrogens is 500 g/mol. The number of hydrogen-bond donors (Lipinski definition) is 2. The average Bonchev–Trinajstić information content (AvgIpc) is 3.19. The van der Waals surface area contributed by atoms with Gasteiger partial charge < -0.3 is 19.9 Å². The molecule has 1 saturated heterocycles. The first-order valence-electron chi connectivity index (χ1n) is 14.0. The number of methoxy groups -OCH3 is 1. The number of nitriles is 1. The summed E-state index contributed by atoms with van der Waals surface area (Å²) < 4.78 is 5.50. The fourth-order valence-corrected chi connectivity index (χ4v) is 5.63. The van der Waals surface area contributed by atoms with Gasteiger partial charge in [0, 0.05) is 24.8 Å². The number of aromatic nitrogens is 2. The maximum Gasteiger partial charge on any atom is 0.259 e. The number of ether oxygens (including phenoxy) is 1. The predicted molar refractivity (Wildman–Crippen MR) is 161 cm³/mol. The minimum atomic E-state index is -0.193. The van der Waals surface area contributed by atoms with Crippen LogP contribution in [0.25, 0.3) is 16.5 Å². The number of aromatic amines is 1. The normalized spacial score (nSPS) is 16.5. The van der Waals surface area contributed by atoms with Gasteiger partial charge in [0.05, 0.1) is 30.0 Å². The molecule has 0 bridgehead atoms. The largest absolute Gasteiger partial charge is 0.481 e. The molecule has 1 fully saturated rings. The van der Waals surface area contributed by atoms with Crippen molar-refractivity contribution >= 4 is 33.9 Å². The Morgan fingerprint density at radius 3 is 2.77 bits per heavy atom. The lowest BCUT2D eigenvalue weighted by atomic mass is 9.86. The number of pyridine rings is 2. The van der Waals surface area contributed by atoms with E-state index in [9.17, 15) is 4.79 Å². The van der Waals surface area contributed by atoms with E-state index < -0.39 is 0 Å². The minimum absolute atomic E-state index is 0.193. The summed E-state index contributed by atoms with van der Waals surface area (Å²) in [5.74, 6) is 1.55. The summed E-state index contributed by atoms with van der Waals surface area (Å²) in [4.78, 5) is 27.7. The van der Waals surface area contributed by atoms with Gasteiger partial charge in [-0.05, 0) is 98.5 Å². The summed E-state index contributed by atoms with van der Waals surface area (Å²) in [7, 11) is 1.62. The number of rotatable bonds is 7. The highest BCUT2D eigenvalue weighted by Crippen LogP contribution is 2.33. The lowest BCUT2D eigenvalue weighted by Gasteiger charge is -2.32. The second kappa shape index (κ2) is 12.3. The topological polar surface area (TPSA) is 106 Å². The molecule has 5 rings (SSSR count). The van der Waals surface area contributed by atoms with Crippen molar-refractivity contribution in [3.63, 3.8) is 0 Å². The number of hydrogen-bond acceptors (Lipinski definition) is 7. The van der Waals surface area contributed by atoms with E-state index in [-0.39, 0.29) is 5.56 Å². The zero-order valence-electron chi connectivity index (χ0n) is 23.5. The van der Waals surface area contributed by atoms with Crippen molar-refractivity contribution in [3.05, 3.63) is 81.4 Å². The van der Waals surface area contributed by atoms with Crippen LogP contribution in [0.1, 0.15) is 61.8 Å². The number of nitrogens with zero attached hydrogens (tertiary/aromatic N) is 4. The molecule has 2 N–H and O–H groups in total. The van der Waals surface area contributed by atoms with Crippen LogP contribution in [0.15, 0.2) is 64.0 Å². The molecule has 3 aromatic rings. The molecule has 2 aliphatic rings. The van der Waals surface area contributed by atoms with Crippen molar-refractivity contribution in [1.82, 2.24) is 14.9 Å². The molecule has 0 amide bonds. The molecule has 2 aromatic heterocycles. The van der Waals surface area contributed by atoms with E-state index in [0.717, 1.165) is 62.1 Å². The predicted octanol–water partition coefficient (Wildman–Crippen LogP) is 6.19. The van der Waals surface area contributed by atoms with E-state index in [1.165, 1.54) is 16.7 Å². The monoisotopic (exact) mass is 536 g/mol. The minimum Gasteiger partial charge on any atom is -0.481 e. The van der Waals surface area contributed by atoms with Gasteiger partial charge in [-0.3, -0.25) is 4.79 Å².